The molecule has 2 aliphatic rings. The SMILES string of the molecule is CCCCCCNC(=O)Nc1ncnc2c1ncn2[C@@H]1O[C@H](COP(=O)(O)O)C2OC(/C=C/c3ccccc3)OC21. The predicted octanol–water partition coefficient (Wildman–Crippen LogP) is 3.36. The first-order valence-corrected chi connectivity index (χ1v) is 15.0. The number of nitrogens with zero attached hydrogens (tertiary/aromatic N) is 4. The maximum atomic E-state index is 12.4. The van der Waals surface area contributed by atoms with Crippen molar-refractivity contribution in [3.05, 3.63) is 54.6 Å². The number of anilines is 1. The highest BCUT2D eigenvalue weighted by atomic mass is 31.2. The topological polar surface area (TPSA) is 179 Å². The van der Waals surface area contributed by atoms with Crippen LogP contribution in [0.25, 0.3) is 17.2 Å². The molecular weight excluding hydrogens is 555 g/mol. The van der Waals surface area contributed by atoms with Crippen molar-refractivity contribution in [1.82, 2.24) is 24.8 Å². The molecule has 41 heavy (non-hydrogen) atoms. The number of amides is 2. The van der Waals surface area contributed by atoms with Crippen LogP contribution in [0.4, 0.5) is 10.6 Å². The number of rotatable bonds is 12. The minimum absolute atomic E-state index is 0.225. The van der Waals surface area contributed by atoms with Crippen LogP contribution in [0, 0.1) is 0 Å². The number of phosphoric acid groups is 1. The van der Waals surface area contributed by atoms with Gasteiger partial charge in [-0.25, -0.2) is 24.3 Å². The van der Waals surface area contributed by atoms with E-state index in [1.165, 1.54) is 12.7 Å². The fourth-order valence-corrected chi connectivity index (χ4v) is 5.11. The van der Waals surface area contributed by atoms with E-state index in [-0.39, 0.29) is 5.82 Å². The quantitative estimate of drug-likeness (QED) is 0.180. The van der Waals surface area contributed by atoms with Crippen LogP contribution in [0.2, 0.25) is 0 Å². The van der Waals surface area contributed by atoms with Gasteiger partial charge in [-0.1, -0.05) is 62.6 Å². The van der Waals surface area contributed by atoms with Crippen molar-refractivity contribution in [3.63, 3.8) is 0 Å². The molecule has 2 fully saturated rings. The zero-order valence-electron chi connectivity index (χ0n) is 22.4. The van der Waals surface area contributed by atoms with Gasteiger partial charge in [0.1, 0.15) is 24.6 Å². The Balaban J connectivity index is 1.33. The summed E-state index contributed by atoms with van der Waals surface area (Å²) < 4.78 is 36.1. The van der Waals surface area contributed by atoms with Crippen LogP contribution >= 0.6 is 7.82 Å². The Morgan fingerprint density at radius 1 is 1.10 bits per heavy atom. The van der Waals surface area contributed by atoms with Crippen molar-refractivity contribution in [2.24, 2.45) is 0 Å². The van der Waals surface area contributed by atoms with Crippen molar-refractivity contribution in [2.75, 3.05) is 18.5 Å². The fourth-order valence-electron chi connectivity index (χ4n) is 4.77. The highest BCUT2D eigenvalue weighted by Crippen LogP contribution is 2.43. The first-order valence-electron chi connectivity index (χ1n) is 13.4. The van der Waals surface area contributed by atoms with Gasteiger partial charge < -0.3 is 29.3 Å². The number of carbonyl (C=O) groups is 1. The van der Waals surface area contributed by atoms with E-state index < -0.39 is 51.3 Å². The fraction of sp³-hybridized carbons (Fsp3) is 0.462. The molecule has 220 valence electrons. The molecule has 4 N–H and O–H groups in total. The molecule has 0 spiro atoms. The van der Waals surface area contributed by atoms with Gasteiger partial charge in [-0.15, -0.1) is 0 Å². The van der Waals surface area contributed by atoms with Crippen molar-refractivity contribution in [1.29, 1.82) is 0 Å². The number of hydrogen-bond acceptors (Lipinski definition) is 9. The van der Waals surface area contributed by atoms with Crippen LogP contribution in [0.1, 0.15) is 44.4 Å². The summed E-state index contributed by atoms with van der Waals surface area (Å²) in [6.45, 7) is 2.25. The third-order valence-corrected chi connectivity index (χ3v) is 7.19. The van der Waals surface area contributed by atoms with Gasteiger partial charge in [-0.05, 0) is 18.1 Å². The normalized spacial score (nSPS) is 24.2. The number of phosphoric ester groups is 1. The van der Waals surface area contributed by atoms with Gasteiger partial charge in [0.2, 0.25) is 0 Å². The third kappa shape index (κ3) is 7.35. The van der Waals surface area contributed by atoms with Crippen LogP contribution in [0.3, 0.4) is 0 Å². The van der Waals surface area contributed by atoms with Crippen LogP contribution in [0.5, 0.6) is 0 Å². The lowest BCUT2D eigenvalue weighted by atomic mass is 10.1. The molecule has 2 aromatic heterocycles. The number of unbranched alkanes of at least 4 members (excludes halogenated alkanes) is 3. The van der Waals surface area contributed by atoms with Crippen molar-refractivity contribution in [2.45, 2.75) is 63.4 Å². The standard InChI is InChI=1S/C26H33N6O8P/c1-2-3-4-8-13-27-26(33)31-23-20-24(29-15-28-23)32(16-30-20)25-22-21(18(38-25)14-37-41(34,35)36)39-19(40-22)12-11-17-9-6-5-7-10-17/h5-7,9-12,15-16,18-19,21-22,25H,2-4,8,13-14H2,1H3,(H2,34,35,36)(H2,27,28,29,31,33)/b12-11+/t18-,19?,21?,22?,25-/m1/s1. The van der Waals surface area contributed by atoms with E-state index in [1.807, 2.05) is 36.4 Å². The number of ether oxygens (including phenoxy) is 3. The molecule has 15 heteroatoms. The van der Waals surface area contributed by atoms with E-state index in [2.05, 4.69) is 32.5 Å². The lowest BCUT2D eigenvalue weighted by Crippen LogP contribution is -2.31. The highest BCUT2D eigenvalue weighted by molar-refractivity contribution is 7.46. The van der Waals surface area contributed by atoms with E-state index in [1.54, 1.807) is 10.6 Å². The molecule has 0 saturated carbocycles. The zero-order chi connectivity index (χ0) is 28.8. The molecule has 3 aromatic rings. The molecule has 1 aromatic carbocycles. The molecule has 2 saturated heterocycles. The average Bonchev–Trinajstić information content (AvgIpc) is 3.65. The van der Waals surface area contributed by atoms with Gasteiger partial charge in [-0.3, -0.25) is 14.4 Å². The Hall–Kier alpha value is -3.23. The van der Waals surface area contributed by atoms with Gasteiger partial charge in [-0.2, -0.15) is 0 Å². The number of carbonyl (C=O) groups excluding carboxylic acids is 1. The van der Waals surface area contributed by atoms with E-state index in [0.717, 1.165) is 31.2 Å². The molecule has 0 aliphatic carbocycles. The molecule has 3 unspecified atom stereocenters. The summed E-state index contributed by atoms with van der Waals surface area (Å²) in [6, 6.07) is 9.21. The summed E-state index contributed by atoms with van der Waals surface area (Å²) in [5, 5.41) is 5.54. The van der Waals surface area contributed by atoms with Crippen LogP contribution < -0.4 is 10.6 Å². The Morgan fingerprint density at radius 2 is 1.90 bits per heavy atom. The molecule has 14 nitrogen and oxygen atoms in total. The summed E-state index contributed by atoms with van der Waals surface area (Å²) >= 11 is 0. The summed E-state index contributed by atoms with van der Waals surface area (Å²) in [5.74, 6) is 0.225. The maximum Gasteiger partial charge on any atom is 0.469 e. The summed E-state index contributed by atoms with van der Waals surface area (Å²) in [6.07, 6.45) is 6.74. The third-order valence-electron chi connectivity index (χ3n) is 6.70. The van der Waals surface area contributed by atoms with E-state index >= 15 is 0 Å². The molecular formula is C26H33N6O8P. The number of fused-ring (bicyclic) bond motifs is 2. The predicted molar refractivity (Wildman–Crippen MR) is 147 cm³/mol. The second-order valence-corrected chi connectivity index (χ2v) is 10.9. The van der Waals surface area contributed by atoms with Gasteiger partial charge in [0, 0.05) is 6.54 Å². The van der Waals surface area contributed by atoms with E-state index in [4.69, 9.17) is 18.7 Å². The largest absolute Gasteiger partial charge is 0.469 e. The Kier molecular flexibility index (Phi) is 9.40. The highest BCUT2D eigenvalue weighted by Gasteiger charge is 2.53. The second kappa shape index (κ2) is 13.2. The second-order valence-electron chi connectivity index (χ2n) is 9.68. The molecule has 5 atom stereocenters. The number of hydrogen-bond donors (Lipinski definition) is 4. The number of aromatic nitrogens is 4. The number of nitrogens with one attached hydrogen (secondary N) is 2. The molecule has 4 heterocycles. The summed E-state index contributed by atoms with van der Waals surface area (Å²) in [7, 11) is -4.75. The Morgan fingerprint density at radius 3 is 2.68 bits per heavy atom. The van der Waals surface area contributed by atoms with Gasteiger partial charge >= 0.3 is 13.9 Å². The zero-order valence-corrected chi connectivity index (χ0v) is 23.3. The average molecular weight is 589 g/mol. The minimum atomic E-state index is -4.75. The first-order chi connectivity index (χ1) is 19.8. The lowest BCUT2D eigenvalue weighted by Gasteiger charge is -2.20. The molecule has 2 amide bonds. The summed E-state index contributed by atoms with van der Waals surface area (Å²) in [5.41, 5.74) is 1.65. The number of imidazole rings is 1. The van der Waals surface area contributed by atoms with Crippen molar-refractivity contribution >= 4 is 36.9 Å². The molecule has 5 rings (SSSR count). The van der Waals surface area contributed by atoms with Crippen LogP contribution in [-0.4, -0.2) is 73.1 Å². The van der Waals surface area contributed by atoms with Crippen LogP contribution in [0.15, 0.2) is 49.1 Å². The molecule has 0 bridgehead atoms. The monoisotopic (exact) mass is 588 g/mol. The van der Waals surface area contributed by atoms with E-state index in [9.17, 15) is 19.1 Å². The minimum Gasteiger partial charge on any atom is -0.347 e. The Labute approximate surface area is 236 Å². The Bertz CT molecular complexity index is 1400. The lowest BCUT2D eigenvalue weighted by molar-refractivity contribution is -0.132. The van der Waals surface area contributed by atoms with E-state index in [0.29, 0.717) is 17.7 Å². The van der Waals surface area contributed by atoms with Crippen LogP contribution in [-0.2, 0) is 23.3 Å². The molecule has 2 aliphatic heterocycles. The smallest absolute Gasteiger partial charge is 0.347 e. The first kappa shape index (κ1) is 29.3. The number of urea groups is 1. The van der Waals surface area contributed by atoms with Gasteiger partial charge in [0.25, 0.3) is 0 Å². The maximum absolute atomic E-state index is 12.4. The van der Waals surface area contributed by atoms with Gasteiger partial charge in [0.05, 0.1) is 12.9 Å². The van der Waals surface area contributed by atoms with Crippen molar-refractivity contribution in [3.8, 4) is 0 Å². The summed E-state index contributed by atoms with van der Waals surface area (Å²) in [4.78, 5) is 43.8. The number of benzene rings is 1. The molecule has 0 radical (unpaired) electrons. The van der Waals surface area contributed by atoms with Crippen molar-refractivity contribution < 1.29 is 37.9 Å². The van der Waals surface area contributed by atoms with Gasteiger partial charge in [0.15, 0.2) is 29.5 Å².